The van der Waals surface area contributed by atoms with Crippen LogP contribution < -0.4 is 15.4 Å². The molecule has 4 heteroatoms. The Hall–Kier alpha value is -2.49. The smallest absolute Gasteiger partial charge is 0.319 e. The second kappa shape index (κ2) is 7.33. The summed E-state index contributed by atoms with van der Waals surface area (Å²) < 4.78 is 5.11. The number of urea groups is 1. The van der Waals surface area contributed by atoms with Crippen molar-refractivity contribution in [3.05, 3.63) is 59.7 Å². The van der Waals surface area contributed by atoms with Gasteiger partial charge in [0.25, 0.3) is 0 Å². The number of hydrogen-bond acceptors (Lipinski definition) is 2. The maximum absolute atomic E-state index is 11.8. The lowest BCUT2D eigenvalue weighted by atomic mass is 10.1. The molecule has 4 nitrogen and oxygen atoms in total. The summed E-state index contributed by atoms with van der Waals surface area (Å²) in [6, 6.07) is 15.4. The highest BCUT2D eigenvalue weighted by molar-refractivity contribution is 5.89. The van der Waals surface area contributed by atoms with Crippen molar-refractivity contribution in [2.24, 2.45) is 0 Å². The van der Waals surface area contributed by atoms with E-state index in [0.717, 1.165) is 6.42 Å². The first kappa shape index (κ1) is 14.9. The third kappa shape index (κ3) is 4.84. The van der Waals surface area contributed by atoms with Gasteiger partial charge in [0.2, 0.25) is 0 Å². The Morgan fingerprint density at radius 2 is 1.90 bits per heavy atom. The fraction of sp³-hybridized carbons (Fsp3) is 0.235. The van der Waals surface area contributed by atoms with Gasteiger partial charge in [0.15, 0.2) is 0 Å². The summed E-state index contributed by atoms with van der Waals surface area (Å²) in [4.78, 5) is 11.8. The van der Waals surface area contributed by atoms with Gasteiger partial charge in [-0.3, -0.25) is 0 Å². The van der Waals surface area contributed by atoms with Gasteiger partial charge in [-0.25, -0.2) is 4.79 Å². The third-order valence-corrected chi connectivity index (χ3v) is 3.15. The monoisotopic (exact) mass is 284 g/mol. The highest BCUT2D eigenvalue weighted by Gasteiger charge is 2.02. The molecular weight excluding hydrogens is 264 g/mol. The van der Waals surface area contributed by atoms with E-state index in [1.165, 1.54) is 11.1 Å². The molecule has 21 heavy (non-hydrogen) atoms. The van der Waals surface area contributed by atoms with Crippen molar-refractivity contribution in [2.75, 3.05) is 19.0 Å². The Balaban J connectivity index is 1.78. The molecule has 2 rings (SSSR count). The average molecular weight is 284 g/mol. The van der Waals surface area contributed by atoms with Crippen molar-refractivity contribution in [1.29, 1.82) is 0 Å². The van der Waals surface area contributed by atoms with Crippen molar-refractivity contribution >= 4 is 11.7 Å². The molecule has 0 unspecified atom stereocenters. The number of carbonyl (C=O) groups excluding carboxylic acids is 1. The summed E-state index contributed by atoms with van der Waals surface area (Å²) in [7, 11) is 1.60. The van der Waals surface area contributed by atoms with Crippen LogP contribution in [0.3, 0.4) is 0 Å². The quantitative estimate of drug-likeness (QED) is 0.884. The highest BCUT2D eigenvalue weighted by atomic mass is 16.5. The molecule has 0 saturated carbocycles. The van der Waals surface area contributed by atoms with E-state index in [0.29, 0.717) is 18.0 Å². The summed E-state index contributed by atoms with van der Waals surface area (Å²) >= 11 is 0. The van der Waals surface area contributed by atoms with Gasteiger partial charge in [0, 0.05) is 18.3 Å². The molecule has 0 aliphatic heterocycles. The predicted octanol–water partition coefficient (Wildman–Crippen LogP) is 3.37. The average Bonchev–Trinajstić information content (AvgIpc) is 2.49. The van der Waals surface area contributed by atoms with Gasteiger partial charge in [-0.15, -0.1) is 0 Å². The van der Waals surface area contributed by atoms with Crippen LogP contribution in [0.4, 0.5) is 10.5 Å². The van der Waals surface area contributed by atoms with Gasteiger partial charge in [-0.05, 0) is 31.0 Å². The summed E-state index contributed by atoms with van der Waals surface area (Å²) in [5, 5.41) is 5.62. The number of nitrogens with one attached hydrogen (secondary N) is 2. The van der Waals surface area contributed by atoms with Crippen molar-refractivity contribution in [1.82, 2.24) is 5.32 Å². The van der Waals surface area contributed by atoms with Gasteiger partial charge in [0.1, 0.15) is 5.75 Å². The van der Waals surface area contributed by atoms with Crippen LogP contribution in [0.2, 0.25) is 0 Å². The minimum Gasteiger partial charge on any atom is -0.497 e. The number of amides is 2. The summed E-state index contributed by atoms with van der Waals surface area (Å²) in [6.07, 6.45) is 0.811. The van der Waals surface area contributed by atoms with E-state index in [2.05, 4.69) is 41.8 Å². The summed E-state index contributed by atoms with van der Waals surface area (Å²) in [6.45, 7) is 2.66. The summed E-state index contributed by atoms with van der Waals surface area (Å²) in [5.41, 5.74) is 3.16. The lowest BCUT2D eigenvalue weighted by Gasteiger charge is -2.09. The van der Waals surface area contributed by atoms with Crippen LogP contribution in [-0.4, -0.2) is 19.7 Å². The molecule has 0 fully saturated rings. The van der Waals surface area contributed by atoms with Gasteiger partial charge < -0.3 is 15.4 Å². The maximum Gasteiger partial charge on any atom is 0.319 e. The molecule has 0 aliphatic rings. The van der Waals surface area contributed by atoms with Crippen LogP contribution in [0.15, 0.2) is 48.5 Å². The largest absolute Gasteiger partial charge is 0.497 e. The molecule has 2 N–H and O–H groups in total. The first-order valence-electron chi connectivity index (χ1n) is 6.92. The van der Waals surface area contributed by atoms with Crippen molar-refractivity contribution in [3.8, 4) is 5.75 Å². The fourth-order valence-corrected chi connectivity index (χ4v) is 1.95. The molecule has 2 aromatic rings. The van der Waals surface area contributed by atoms with Gasteiger partial charge in [-0.1, -0.05) is 35.9 Å². The van der Waals surface area contributed by atoms with E-state index in [4.69, 9.17) is 4.74 Å². The predicted molar refractivity (Wildman–Crippen MR) is 84.9 cm³/mol. The SMILES string of the molecule is COc1cccc(NC(=O)NCCc2ccc(C)cc2)c1. The number of methoxy groups -OCH3 is 1. The van der Waals surface area contributed by atoms with Crippen molar-refractivity contribution in [3.63, 3.8) is 0 Å². The van der Waals surface area contributed by atoms with Gasteiger partial charge in [-0.2, -0.15) is 0 Å². The Morgan fingerprint density at radius 3 is 2.62 bits per heavy atom. The molecule has 2 amide bonds. The number of carbonyl (C=O) groups is 1. The molecule has 0 radical (unpaired) electrons. The molecule has 2 aromatic carbocycles. The topological polar surface area (TPSA) is 50.4 Å². The molecule has 0 bridgehead atoms. The minimum atomic E-state index is -0.213. The molecule has 0 aliphatic carbocycles. The first-order valence-corrected chi connectivity index (χ1v) is 6.92. The number of ether oxygens (including phenoxy) is 1. The highest BCUT2D eigenvalue weighted by Crippen LogP contribution is 2.16. The van der Waals surface area contributed by atoms with E-state index in [1.54, 1.807) is 13.2 Å². The van der Waals surface area contributed by atoms with Crippen LogP contribution in [-0.2, 0) is 6.42 Å². The van der Waals surface area contributed by atoms with Gasteiger partial charge in [0.05, 0.1) is 7.11 Å². The van der Waals surface area contributed by atoms with Crippen LogP contribution in [0, 0.1) is 6.92 Å². The molecule has 0 atom stereocenters. The maximum atomic E-state index is 11.8. The Labute approximate surface area is 125 Å². The minimum absolute atomic E-state index is 0.213. The standard InChI is InChI=1S/C17H20N2O2/c1-13-6-8-14(9-7-13)10-11-18-17(20)19-15-4-3-5-16(12-15)21-2/h3-9,12H,10-11H2,1-2H3,(H2,18,19,20). The van der Waals surface area contributed by atoms with E-state index in [9.17, 15) is 4.79 Å². The second-order valence-corrected chi connectivity index (χ2v) is 4.85. The lowest BCUT2D eigenvalue weighted by molar-refractivity contribution is 0.252. The van der Waals surface area contributed by atoms with Crippen molar-refractivity contribution in [2.45, 2.75) is 13.3 Å². The third-order valence-electron chi connectivity index (χ3n) is 3.15. The van der Waals surface area contributed by atoms with Crippen LogP contribution in [0.25, 0.3) is 0 Å². The fourth-order valence-electron chi connectivity index (χ4n) is 1.95. The molecule has 0 aromatic heterocycles. The first-order chi connectivity index (χ1) is 10.2. The molecule has 0 saturated heterocycles. The number of benzene rings is 2. The molecular formula is C17H20N2O2. The van der Waals surface area contributed by atoms with Crippen LogP contribution in [0.5, 0.6) is 5.75 Å². The Bertz CT molecular complexity index is 594. The zero-order valence-corrected chi connectivity index (χ0v) is 12.3. The lowest BCUT2D eigenvalue weighted by Crippen LogP contribution is -2.30. The number of rotatable bonds is 5. The van der Waals surface area contributed by atoms with Crippen LogP contribution in [0.1, 0.15) is 11.1 Å². The number of hydrogen-bond donors (Lipinski definition) is 2. The number of aryl methyl sites for hydroxylation is 1. The Kier molecular flexibility index (Phi) is 5.21. The molecule has 110 valence electrons. The van der Waals surface area contributed by atoms with Crippen molar-refractivity contribution < 1.29 is 9.53 Å². The molecule has 0 spiro atoms. The van der Waals surface area contributed by atoms with Crippen LogP contribution >= 0.6 is 0 Å². The second-order valence-electron chi connectivity index (χ2n) is 4.85. The van der Waals surface area contributed by atoms with E-state index in [-0.39, 0.29) is 6.03 Å². The zero-order chi connectivity index (χ0) is 15.1. The summed E-state index contributed by atoms with van der Waals surface area (Å²) in [5.74, 6) is 0.715. The molecule has 0 heterocycles. The number of anilines is 1. The van der Waals surface area contributed by atoms with E-state index in [1.807, 2.05) is 18.2 Å². The Morgan fingerprint density at radius 1 is 1.14 bits per heavy atom. The normalized spacial score (nSPS) is 10.0. The zero-order valence-electron chi connectivity index (χ0n) is 12.3. The van der Waals surface area contributed by atoms with Gasteiger partial charge >= 0.3 is 6.03 Å². The van der Waals surface area contributed by atoms with E-state index >= 15 is 0 Å². The van der Waals surface area contributed by atoms with E-state index < -0.39 is 0 Å².